The number of aromatic nitrogens is 1. The minimum absolute atomic E-state index is 0.0975. The van der Waals surface area contributed by atoms with Gasteiger partial charge in [-0.05, 0) is 50.7 Å². The van der Waals surface area contributed by atoms with E-state index in [0.29, 0.717) is 24.4 Å². The molecule has 1 aromatic heterocycles. The number of hydrogen-bond donors (Lipinski definition) is 0. The van der Waals surface area contributed by atoms with Gasteiger partial charge in [0.2, 0.25) is 5.91 Å². The van der Waals surface area contributed by atoms with Crippen molar-refractivity contribution in [1.82, 2.24) is 14.8 Å². The van der Waals surface area contributed by atoms with Gasteiger partial charge in [-0.25, -0.2) is 0 Å². The second kappa shape index (κ2) is 8.46. The molecule has 0 aliphatic carbocycles. The molecule has 2 aliphatic rings. The van der Waals surface area contributed by atoms with Crippen molar-refractivity contribution >= 4 is 11.8 Å². The first-order valence-corrected chi connectivity index (χ1v) is 10.7. The van der Waals surface area contributed by atoms with Crippen molar-refractivity contribution in [1.29, 1.82) is 0 Å². The Hall–Kier alpha value is -2.89. The molecule has 2 amide bonds. The smallest absolute Gasteiger partial charge is 0.258 e. The van der Waals surface area contributed by atoms with E-state index in [-0.39, 0.29) is 11.8 Å². The Kier molecular flexibility index (Phi) is 5.75. The molecule has 3 heterocycles. The first-order chi connectivity index (χ1) is 14.5. The maximum atomic E-state index is 13.6. The van der Waals surface area contributed by atoms with Gasteiger partial charge in [0, 0.05) is 25.3 Å². The number of rotatable bonds is 5. The van der Waals surface area contributed by atoms with Gasteiger partial charge in [0.05, 0.1) is 18.9 Å². The highest BCUT2D eigenvalue weighted by Gasteiger charge is 2.53. The molecule has 1 spiro atoms. The molecule has 2 fully saturated rings. The molecule has 6 nitrogen and oxygen atoms in total. The normalized spacial score (nSPS) is 21.3. The molecule has 1 unspecified atom stereocenters. The highest BCUT2D eigenvalue weighted by atomic mass is 16.5. The van der Waals surface area contributed by atoms with Gasteiger partial charge in [-0.1, -0.05) is 30.3 Å². The van der Waals surface area contributed by atoms with Crippen LogP contribution in [0.4, 0.5) is 0 Å². The summed E-state index contributed by atoms with van der Waals surface area (Å²) in [4.78, 5) is 35.2. The number of likely N-dealkylation sites (tertiary alicyclic amines) is 2. The van der Waals surface area contributed by atoms with Gasteiger partial charge in [0.1, 0.15) is 11.3 Å². The Morgan fingerprint density at radius 2 is 1.90 bits per heavy atom. The van der Waals surface area contributed by atoms with Gasteiger partial charge in [-0.3, -0.25) is 14.6 Å². The number of methoxy groups -OCH3 is 1. The molecule has 2 aromatic rings. The number of carbonyl (C=O) groups is 2. The minimum atomic E-state index is -0.728. The third kappa shape index (κ3) is 3.66. The molecule has 2 saturated heterocycles. The van der Waals surface area contributed by atoms with Crippen molar-refractivity contribution in [3.05, 3.63) is 59.4 Å². The Bertz CT molecular complexity index is 931. The molecule has 1 aromatic carbocycles. The maximum absolute atomic E-state index is 13.6. The number of benzene rings is 1. The lowest BCUT2D eigenvalue weighted by molar-refractivity contribution is -0.145. The summed E-state index contributed by atoms with van der Waals surface area (Å²) in [6.07, 6.45) is 5.62. The summed E-state index contributed by atoms with van der Waals surface area (Å²) in [5.74, 6) is 0.422. The Balaban J connectivity index is 1.57. The molecule has 4 rings (SSSR count). The molecular formula is C24H29N3O3. The van der Waals surface area contributed by atoms with Crippen LogP contribution in [0.15, 0.2) is 42.6 Å². The van der Waals surface area contributed by atoms with Gasteiger partial charge < -0.3 is 14.5 Å². The van der Waals surface area contributed by atoms with Crippen LogP contribution >= 0.6 is 0 Å². The van der Waals surface area contributed by atoms with Crippen LogP contribution in [0.1, 0.15) is 47.3 Å². The van der Waals surface area contributed by atoms with Crippen molar-refractivity contribution in [2.24, 2.45) is 0 Å². The molecule has 0 N–H and O–H groups in total. The van der Waals surface area contributed by atoms with Crippen molar-refractivity contribution in [2.45, 2.75) is 44.6 Å². The van der Waals surface area contributed by atoms with Gasteiger partial charge in [-0.15, -0.1) is 0 Å². The summed E-state index contributed by atoms with van der Waals surface area (Å²) in [5, 5.41) is 0. The summed E-state index contributed by atoms with van der Waals surface area (Å²) in [5.41, 5.74) is 1.74. The standard InChI is InChI=1S/C24H29N3O3/c1-18-16-20(21(30-2)17-25-18)22(28)27-14-7-12-24(27)11-6-13-26(23(24)29)15-10-19-8-4-3-5-9-19/h3-5,8-9,16-17H,6-7,10-15H2,1-2H3. The molecule has 0 saturated carbocycles. The summed E-state index contributed by atoms with van der Waals surface area (Å²) in [6.45, 7) is 3.89. The first kappa shape index (κ1) is 20.4. The zero-order chi connectivity index (χ0) is 21.1. The molecule has 1 atom stereocenters. The number of hydrogen-bond acceptors (Lipinski definition) is 4. The molecule has 0 bridgehead atoms. The first-order valence-electron chi connectivity index (χ1n) is 10.7. The van der Waals surface area contributed by atoms with E-state index in [1.165, 1.54) is 5.56 Å². The van der Waals surface area contributed by atoms with Crippen LogP contribution in [0.5, 0.6) is 5.75 Å². The number of nitrogens with zero attached hydrogens (tertiary/aromatic N) is 3. The van der Waals surface area contributed by atoms with Crippen LogP contribution in [0.3, 0.4) is 0 Å². The van der Waals surface area contributed by atoms with Crippen LogP contribution in [0, 0.1) is 6.92 Å². The van der Waals surface area contributed by atoms with E-state index < -0.39 is 5.54 Å². The van der Waals surface area contributed by atoms with Crippen molar-refractivity contribution < 1.29 is 14.3 Å². The Labute approximate surface area is 177 Å². The van der Waals surface area contributed by atoms with Crippen molar-refractivity contribution in [3.8, 4) is 5.75 Å². The summed E-state index contributed by atoms with van der Waals surface area (Å²) in [7, 11) is 1.54. The molecule has 2 aliphatic heterocycles. The maximum Gasteiger partial charge on any atom is 0.258 e. The quantitative estimate of drug-likeness (QED) is 0.763. The second-order valence-corrected chi connectivity index (χ2v) is 8.25. The predicted octanol–water partition coefficient (Wildman–Crippen LogP) is 3.24. The third-order valence-corrected chi connectivity index (χ3v) is 6.41. The molecular weight excluding hydrogens is 378 g/mol. The van der Waals surface area contributed by atoms with E-state index in [1.54, 1.807) is 24.3 Å². The van der Waals surface area contributed by atoms with Crippen molar-refractivity contribution in [3.63, 3.8) is 0 Å². The van der Waals surface area contributed by atoms with Gasteiger partial charge in [0.25, 0.3) is 5.91 Å². The Morgan fingerprint density at radius 3 is 2.63 bits per heavy atom. The number of carbonyl (C=O) groups excluding carboxylic acids is 2. The number of piperidine rings is 1. The lowest BCUT2D eigenvalue weighted by Gasteiger charge is -2.44. The topological polar surface area (TPSA) is 62.7 Å². The van der Waals surface area contributed by atoms with Gasteiger partial charge in [0.15, 0.2) is 0 Å². The molecule has 6 heteroatoms. The lowest BCUT2D eigenvalue weighted by atomic mass is 9.84. The second-order valence-electron chi connectivity index (χ2n) is 8.25. The van der Waals surface area contributed by atoms with Gasteiger partial charge in [-0.2, -0.15) is 0 Å². The zero-order valence-corrected chi connectivity index (χ0v) is 17.8. The van der Waals surface area contributed by atoms with E-state index in [4.69, 9.17) is 4.74 Å². The minimum Gasteiger partial charge on any atom is -0.494 e. The van der Waals surface area contributed by atoms with E-state index in [1.807, 2.05) is 30.0 Å². The average molecular weight is 408 g/mol. The Morgan fingerprint density at radius 1 is 1.17 bits per heavy atom. The molecule has 158 valence electrons. The zero-order valence-electron chi connectivity index (χ0n) is 17.8. The van der Waals surface area contributed by atoms with E-state index in [0.717, 1.165) is 44.3 Å². The number of amides is 2. The highest BCUT2D eigenvalue weighted by Crippen LogP contribution is 2.40. The molecule has 30 heavy (non-hydrogen) atoms. The number of aryl methyl sites for hydroxylation is 1. The van der Waals surface area contributed by atoms with Crippen LogP contribution in [-0.4, -0.2) is 58.9 Å². The van der Waals surface area contributed by atoms with Crippen LogP contribution < -0.4 is 4.74 Å². The average Bonchev–Trinajstić information content (AvgIpc) is 3.19. The van der Waals surface area contributed by atoms with Crippen molar-refractivity contribution in [2.75, 3.05) is 26.7 Å². The fourth-order valence-corrected chi connectivity index (χ4v) is 4.87. The van der Waals surface area contributed by atoms with Crippen LogP contribution in [0.2, 0.25) is 0 Å². The van der Waals surface area contributed by atoms with Crippen LogP contribution in [-0.2, 0) is 11.2 Å². The summed E-state index contributed by atoms with van der Waals surface area (Å²) < 4.78 is 5.39. The van der Waals surface area contributed by atoms with E-state index >= 15 is 0 Å². The third-order valence-electron chi connectivity index (χ3n) is 6.41. The summed E-state index contributed by atoms with van der Waals surface area (Å²) >= 11 is 0. The fourth-order valence-electron chi connectivity index (χ4n) is 4.87. The summed E-state index contributed by atoms with van der Waals surface area (Å²) in [6, 6.07) is 12.0. The largest absolute Gasteiger partial charge is 0.494 e. The predicted molar refractivity (Wildman–Crippen MR) is 114 cm³/mol. The highest BCUT2D eigenvalue weighted by molar-refractivity contribution is 6.01. The number of pyridine rings is 1. The SMILES string of the molecule is COc1cnc(C)cc1C(=O)N1CCCC12CCCN(CCc1ccccc1)C2=O. The van der Waals surface area contributed by atoms with Crippen LogP contribution in [0.25, 0.3) is 0 Å². The number of ether oxygens (including phenoxy) is 1. The lowest BCUT2D eigenvalue weighted by Crippen LogP contribution is -2.61. The molecule has 0 radical (unpaired) electrons. The van der Waals surface area contributed by atoms with E-state index in [2.05, 4.69) is 17.1 Å². The van der Waals surface area contributed by atoms with E-state index in [9.17, 15) is 9.59 Å². The monoisotopic (exact) mass is 407 g/mol. The van der Waals surface area contributed by atoms with Gasteiger partial charge >= 0.3 is 0 Å². The fraction of sp³-hybridized carbons (Fsp3) is 0.458.